The number of anilines is 1. The van der Waals surface area contributed by atoms with Crippen LogP contribution in [0.25, 0.3) is 11.1 Å². The van der Waals surface area contributed by atoms with Crippen LogP contribution in [0.15, 0.2) is 36.4 Å². The van der Waals surface area contributed by atoms with E-state index in [9.17, 15) is 19.7 Å². The summed E-state index contributed by atoms with van der Waals surface area (Å²) in [4.78, 5) is 38.8. The molecule has 2 N–H and O–H groups in total. The maximum atomic E-state index is 12.2. The summed E-state index contributed by atoms with van der Waals surface area (Å²) in [7, 11) is 0. The molecule has 6 rings (SSSR count). The molecule has 2 aromatic rings. The van der Waals surface area contributed by atoms with Crippen LogP contribution in [0.4, 0.5) is 21.0 Å². The molecule has 2 aliphatic heterocycles. The molecule has 0 unspecified atom stereocenters. The first-order valence-electron chi connectivity index (χ1n) is 18.2. The van der Waals surface area contributed by atoms with Crippen LogP contribution in [0.1, 0.15) is 110 Å². The monoisotopic (exact) mass is 734 g/mol. The average molecular weight is 735 g/mol. The van der Waals surface area contributed by atoms with Crippen LogP contribution < -0.4 is 15.2 Å². The zero-order valence-electron chi connectivity index (χ0n) is 31.9. The van der Waals surface area contributed by atoms with E-state index in [1.165, 1.54) is 5.57 Å². The average Bonchev–Trinajstić information content (AvgIpc) is 3.99. The van der Waals surface area contributed by atoms with Crippen molar-refractivity contribution in [3.05, 3.63) is 68.8 Å². The van der Waals surface area contributed by atoms with Crippen molar-refractivity contribution >= 4 is 34.7 Å². The number of nitro benzene ring substituents is 1. The SMILES string of the molecule is C.Cc1cc(N)c(OC2CC2)cc1C1=CCN(C(=O)OC(C)(C)C)CC1.Cc1cc([N+](=O)[O-])c(OC2CC2)cc1C1=CCN(C(=O)OC(C)(C)C)CC1. The zero-order valence-corrected chi connectivity index (χ0v) is 31.9. The van der Waals surface area contributed by atoms with Gasteiger partial charge < -0.3 is 34.5 Å². The minimum atomic E-state index is -0.523. The van der Waals surface area contributed by atoms with Gasteiger partial charge in [0.1, 0.15) is 17.0 Å². The van der Waals surface area contributed by atoms with Crippen LogP contribution in [0.3, 0.4) is 0 Å². The quantitative estimate of drug-likeness (QED) is 0.167. The number of carbonyl (C=O) groups excluding carboxylic acids is 2. The fourth-order valence-electron chi connectivity index (χ4n) is 5.96. The van der Waals surface area contributed by atoms with Crippen molar-refractivity contribution in [2.24, 2.45) is 0 Å². The van der Waals surface area contributed by atoms with Crippen molar-refractivity contribution in [3.8, 4) is 11.5 Å². The number of hydrogen-bond donors (Lipinski definition) is 1. The molecule has 2 heterocycles. The highest BCUT2D eigenvalue weighted by Crippen LogP contribution is 2.39. The van der Waals surface area contributed by atoms with E-state index < -0.39 is 16.1 Å². The van der Waals surface area contributed by atoms with E-state index in [0.717, 1.165) is 65.7 Å². The van der Waals surface area contributed by atoms with Gasteiger partial charge in [-0.25, -0.2) is 9.59 Å². The number of benzene rings is 2. The molecular weight excluding hydrogens is 676 g/mol. The smallest absolute Gasteiger partial charge is 0.410 e. The third-order valence-electron chi connectivity index (χ3n) is 8.91. The minimum Gasteiger partial charge on any atom is -0.488 e. The number of nitrogen functional groups attached to an aromatic ring is 1. The number of rotatable bonds is 7. The highest BCUT2D eigenvalue weighted by molar-refractivity contribution is 5.77. The molecule has 2 fully saturated rings. The first kappa shape index (κ1) is 41.0. The fraction of sp³-hybridized carbons (Fsp3) is 0.561. The second kappa shape index (κ2) is 16.5. The van der Waals surface area contributed by atoms with Crippen molar-refractivity contribution in [1.82, 2.24) is 9.80 Å². The van der Waals surface area contributed by atoms with E-state index in [-0.39, 0.29) is 31.4 Å². The van der Waals surface area contributed by atoms with Crippen molar-refractivity contribution in [2.75, 3.05) is 31.9 Å². The van der Waals surface area contributed by atoms with Crippen molar-refractivity contribution in [2.45, 2.75) is 125 Å². The normalized spacial score (nSPS) is 17.3. The molecule has 0 bridgehead atoms. The molecule has 2 aromatic carbocycles. The molecule has 4 aliphatic rings. The van der Waals surface area contributed by atoms with Gasteiger partial charge in [-0.05, 0) is 146 Å². The lowest BCUT2D eigenvalue weighted by atomic mass is 9.95. The van der Waals surface area contributed by atoms with Gasteiger partial charge >= 0.3 is 17.9 Å². The maximum Gasteiger partial charge on any atom is 0.410 e. The van der Waals surface area contributed by atoms with Gasteiger partial charge in [0.15, 0.2) is 5.75 Å². The number of aryl methyl sites for hydroxylation is 2. The summed E-state index contributed by atoms with van der Waals surface area (Å²) in [5, 5.41) is 11.3. The third kappa shape index (κ3) is 11.6. The molecule has 290 valence electrons. The van der Waals surface area contributed by atoms with E-state index in [1.807, 2.05) is 60.6 Å². The molecule has 2 amide bonds. The lowest BCUT2D eigenvalue weighted by Gasteiger charge is -2.30. The Kier molecular flexibility index (Phi) is 12.8. The Labute approximate surface area is 314 Å². The number of nitro groups is 1. The third-order valence-corrected chi connectivity index (χ3v) is 8.91. The summed E-state index contributed by atoms with van der Waals surface area (Å²) in [6.45, 7) is 17.3. The van der Waals surface area contributed by atoms with Gasteiger partial charge in [0.2, 0.25) is 0 Å². The van der Waals surface area contributed by atoms with Crippen LogP contribution in [0.5, 0.6) is 11.5 Å². The maximum absolute atomic E-state index is 12.2. The Hall–Kier alpha value is -4.74. The van der Waals surface area contributed by atoms with Crippen LogP contribution in [-0.4, -0.2) is 76.5 Å². The molecule has 0 saturated heterocycles. The lowest BCUT2D eigenvalue weighted by molar-refractivity contribution is -0.386. The topological polar surface area (TPSA) is 147 Å². The second-order valence-corrected chi connectivity index (χ2v) is 16.0. The summed E-state index contributed by atoms with van der Waals surface area (Å²) in [6.07, 6.45) is 9.48. The van der Waals surface area contributed by atoms with E-state index >= 15 is 0 Å². The molecule has 12 nitrogen and oxygen atoms in total. The second-order valence-electron chi connectivity index (χ2n) is 16.0. The van der Waals surface area contributed by atoms with Crippen LogP contribution in [-0.2, 0) is 9.47 Å². The van der Waals surface area contributed by atoms with E-state index in [4.69, 9.17) is 24.7 Å². The Bertz CT molecular complexity index is 1750. The molecule has 0 radical (unpaired) electrons. The van der Waals surface area contributed by atoms with Gasteiger partial charge in [-0.2, -0.15) is 0 Å². The van der Waals surface area contributed by atoms with Gasteiger partial charge in [-0.1, -0.05) is 19.6 Å². The van der Waals surface area contributed by atoms with E-state index in [1.54, 1.807) is 21.9 Å². The molecule has 12 heteroatoms. The van der Waals surface area contributed by atoms with E-state index in [2.05, 4.69) is 19.1 Å². The molecule has 53 heavy (non-hydrogen) atoms. The highest BCUT2D eigenvalue weighted by Gasteiger charge is 2.30. The first-order chi connectivity index (χ1) is 24.4. The molecular formula is C41H58N4O8. The van der Waals surface area contributed by atoms with Gasteiger partial charge in [0, 0.05) is 32.2 Å². The Morgan fingerprint density at radius 3 is 1.53 bits per heavy atom. The predicted octanol–water partition coefficient (Wildman–Crippen LogP) is 9.25. The molecule has 2 saturated carbocycles. The lowest BCUT2D eigenvalue weighted by Crippen LogP contribution is -2.39. The fourth-order valence-corrected chi connectivity index (χ4v) is 5.96. The van der Waals surface area contributed by atoms with Crippen LogP contribution in [0.2, 0.25) is 0 Å². The van der Waals surface area contributed by atoms with Gasteiger partial charge in [0.05, 0.1) is 22.8 Å². The van der Waals surface area contributed by atoms with E-state index in [0.29, 0.717) is 50.1 Å². The Morgan fingerprint density at radius 2 is 1.15 bits per heavy atom. The van der Waals surface area contributed by atoms with Crippen LogP contribution >= 0.6 is 0 Å². The Morgan fingerprint density at radius 1 is 0.736 bits per heavy atom. The van der Waals surface area contributed by atoms with Gasteiger partial charge in [0.25, 0.3) is 0 Å². The number of hydrogen-bond acceptors (Lipinski definition) is 9. The minimum absolute atomic E-state index is 0. The zero-order chi connectivity index (χ0) is 38.0. The summed E-state index contributed by atoms with van der Waals surface area (Å²) in [5.74, 6) is 1.11. The number of nitrogens with two attached hydrogens (primary N) is 1. The van der Waals surface area contributed by atoms with Gasteiger partial charge in [-0.15, -0.1) is 0 Å². The number of nitrogens with zero attached hydrogens (tertiary/aromatic N) is 3. The van der Waals surface area contributed by atoms with Crippen molar-refractivity contribution in [1.29, 1.82) is 0 Å². The number of carbonyl (C=O) groups is 2. The summed E-state index contributed by atoms with van der Waals surface area (Å²) >= 11 is 0. The standard InChI is InChI=1S/C20H26N2O5.C20H28N2O3.CH4/c1-13-11-17(22(24)25)18(26-15-5-6-15)12-16(13)14-7-9-21(10-8-14)19(23)27-20(2,3)4;1-13-11-17(21)18(24-15-5-6-15)12-16(13)14-7-9-22(10-8-14)19(23)25-20(2,3)4;/h7,11-12,15H,5-6,8-10H2,1-4H3;7,11-12,15H,5-6,8-10,21H2,1-4H3;1H4. The molecule has 2 aliphatic carbocycles. The van der Waals surface area contributed by atoms with Gasteiger partial charge in [-0.3, -0.25) is 10.1 Å². The molecule has 0 atom stereocenters. The van der Waals surface area contributed by atoms with Crippen molar-refractivity contribution in [3.63, 3.8) is 0 Å². The predicted molar refractivity (Wildman–Crippen MR) is 208 cm³/mol. The number of amides is 2. The Balaban J connectivity index is 0.000000233. The highest BCUT2D eigenvalue weighted by atomic mass is 16.6. The number of ether oxygens (including phenoxy) is 4. The molecule has 0 spiro atoms. The first-order valence-corrected chi connectivity index (χ1v) is 18.2. The largest absolute Gasteiger partial charge is 0.488 e. The molecule has 0 aromatic heterocycles. The van der Waals surface area contributed by atoms with Crippen LogP contribution in [0, 0.1) is 24.0 Å². The van der Waals surface area contributed by atoms with Crippen molar-refractivity contribution < 1.29 is 33.5 Å². The summed E-state index contributed by atoms with van der Waals surface area (Å²) in [6, 6.07) is 7.39. The summed E-state index contributed by atoms with van der Waals surface area (Å²) in [5.41, 5.74) is 12.2. The summed E-state index contributed by atoms with van der Waals surface area (Å²) < 4.78 is 22.6.